The molecule has 6 heteroatoms. The number of hydrogen-bond acceptors (Lipinski definition) is 4. The first-order chi connectivity index (χ1) is 7.66. The average molecular weight is 225 g/mol. The molecule has 16 heavy (non-hydrogen) atoms. The Labute approximate surface area is 93.1 Å². The van der Waals surface area contributed by atoms with Crippen molar-refractivity contribution in [3.63, 3.8) is 0 Å². The summed E-state index contributed by atoms with van der Waals surface area (Å²) in [6, 6.07) is -0.752. The minimum absolute atomic E-state index is 0.146. The fourth-order valence-corrected chi connectivity index (χ4v) is 2.01. The molecular weight excluding hydrogens is 210 g/mol. The average Bonchev–Trinajstić information content (AvgIpc) is 2.75. The molecule has 3 amide bonds. The number of amides is 3. The number of imide groups is 1. The third kappa shape index (κ3) is 2.38. The number of piperidine rings is 1. The molecule has 0 aromatic heterocycles. The second-order valence-corrected chi connectivity index (χ2v) is 4.16. The molecule has 3 N–H and O–H groups in total. The number of rotatable bonds is 2. The Balaban J connectivity index is 1.86. The van der Waals surface area contributed by atoms with Crippen LogP contribution in [0.5, 0.6) is 0 Å². The Morgan fingerprint density at radius 1 is 1.31 bits per heavy atom. The molecule has 2 saturated heterocycles. The SMILES string of the molecule is O=C1CCC(NC(=O)C2CCCN2)C(=O)N1. The maximum absolute atomic E-state index is 11.7. The van der Waals surface area contributed by atoms with Crippen molar-refractivity contribution >= 4 is 17.7 Å². The summed E-state index contributed by atoms with van der Waals surface area (Å²) < 4.78 is 0. The lowest BCUT2D eigenvalue weighted by atomic mass is 10.1. The van der Waals surface area contributed by atoms with Crippen molar-refractivity contribution in [1.82, 2.24) is 16.0 Å². The molecule has 0 radical (unpaired) electrons. The van der Waals surface area contributed by atoms with Gasteiger partial charge in [0, 0.05) is 6.42 Å². The number of carbonyl (C=O) groups is 3. The van der Waals surface area contributed by atoms with E-state index in [1.165, 1.54) is 0 Å². The summed E-state index contributed by atoms with van der Waals surface area (Å²) in [5.74, 6) is -0.816. The largest absolute Gasteiger partial charge is 0.343 e. The highest BCUT2D eigenvalue weighted by atomic mass is 16.2. The summed E-state index contributed by atoms with van der Waals surface area (Å²) in [6.45, 7) is 0.841. The van der Waals surface area contributed by atoms with Gasteiger partial charge in [0.05, 0.1) is 6.04 Å². The molecule has 6 nitrogen and oxygen atoms in total. The van der Waals surface area contributed by atoms with Gasteiger partial charge in [-0.05, 0) is 25.8 Å². The van der Waals surface area contributed by atoms with Gasteiger partial charge in [0.2, 0.25) is 17.7 Å². The molecule has 0 aromatic carbocycles. The van der Waals surface area contributed by atoms with E-state index in [0.717, 1.165) is 19.4 Å². The zero-order chi connectivity index (χ0) is 11.5. The smallest absolute Gasteiger partial charge is 0.249 e. The molecular formula is C10H15N3O3. The van der Waals surface area contributed by atoms with Gasteiger partial charge in [-0.25, -0.2) is 0 Å². The predicted molar refractivity (Wildman–Crippen MR) is 55.3 cm³/mol. The van der Waals surface area contributed by atoms with E-state index in [1.54, 1.807) is 0 Å². The van der Waals surface area contributed by atoms with E-state index >= 15 is 0 Å². The van der Waals surface area contributed by atoms with Gasteiger partial charge >= 0.3 is 0 Å². The molecule has 2 rings (SSSR count). The van der Waals surface area contributed by atoms with Crippen molar-refractivity contribution < 1.29 is 14.4 Å². The summed E-state index contributed by atoms with van der Waals surface area (Å²) in [5.41, 5.74) is 0. The summed E-state index contributed by atoms with van der Waals surface area (Å²) in [4.78, 5) is 34.0. The lowest BCUT2D eigenvalue weighted by Gasteiger charge is -2.23. The van der Waals surface area contributed by atoms with Gasteiger partial charge in [-0.1, -0.05) is 0 Å². The van der Waals surface area contributed by atoms with Crippen LogP contribution >= 0.6 is 0 Å². The summed E-state index contributed by atoms with van der Waals surface area (Å²) >= 11 is 0. The van der Waals surface area contributed by atoms with Crippen LogP contribution in [-0.2, 0) is 14.4 Å². The van der Waals surface area contributed by atoms with Crippen molar-refractivity contribution in [3.8, 4) is 0 Å². The molecule has 2 atom stereocenters. The molecule has 0 spiro atoms. The molecule has 0 aliphatic carbocycles. The Morgan fingerprint density at radius 2 is 2.12 bits per heavy atom. The highest BCUT2D eigenvalue weighted by Gasteiger charge is 2.30. The van der Waals surface area contributed by atoms with Gasteiger partial charge in [-0.15, -0.1) is 0 Å². The Morgan fingerprint density at radius 3 is 2.75 bits per heavy atom. The van der Waals surface area contributed by atoms with Crippen LogP contribution in [0.1, 0.15) is 25.7 Å². The first kappa shape index (κ1) is 11.1. The molecule has 0 bridgehead atoms. The van der Waals surface area contributed by atoms with E-state index in [1.807, 2.05) is 0 Å². The van der Waals surface area contributed by atoms with Crippen LogP contribution in [0.15, 0.2) is 0 Å². The number of carbonyl (C=O) groups excluding carboxylic acids is 3. The summed E-state index contributed by atoms with van der Waals surface area (Å²) in [7, 11) is 0. The van der Waals surface area contributed by atoms with Crippen molar-refractivity contribution in [2.75, 3.05) is 6.54 Å². The van der Waals surface area contributed by atoms with Crippen LogP contribution < -0.4 is 16.0 Å². The molecule has 2 unspecified atom stereocenters. The van der Waals surface area contributed by atoms with E-state index in [-0.39, 0.29) is 24.3 Å². The van der Waals surface area contributed by atoms with Gasteiger partial charge in [0.1, 0.15) is 6.04 Å². The van der Waals surface area contributed by atoms with E-state index in [0.29, 0.717) is 6.42 Å². The zero-order valence-corrected chi connectivity index (χ0v) is 8.91. The summed E-state index contributed by atoms with van der Waals surface area (Å²) in [6.07, 6.45) is 2.46. The standard InChI is InChI=1S/C10H15N3O3/c14-8-4-3-7(10(16)13-8)12-9(15)6-2-1-5-11-6/h6-7,11H,1-5H2,(H,12,15)(H,13,14,16). The maximum atomic E-state index is 11.7. The number of hydrogen-bond donors (Lipinski definition) is 3. The van der Waals surface area contributed by atoms with Crippen LogP contribution in [0.25, 0.3) is 0 Å². The van der Waals surface area contributed by atoms with E-state index in [2.05, 4.69) is 16.0 Å². The highest BCUT2D eigenvalue weighted by Crippen LogP contribution is 2.08. The van der Waals surface area contributed by atoms with Crippen LogP contribution in [0.4, 0.5) is 0 Å². The third-order valence-corrected chi connectivity index (χ3v) is 2.93. The zero-order valence-electron chi connectivity index (χ0n) is 8.91. The fourth-order valence-electron chi connectivity index (χ4n) is 2.01. The van der Waals surface area contributed by atoms with Crippen LogP contribution in [0.2, 0.25) is 0 Å². The first-order valence-electron chi connectivity index (χ1n) is 5.54. The normalized spacial score (nSPS) is 30.0. The van der Waals surface area contributed by atoms with E-state index in [4.69, 9.17) is 0 Å². The molecule has 2 heterocycles. The van der Waals surface area contributed by atoms with Crippen LogP contribution in [0.3, 0.4) is 0 Å². The molecule has 88 valence electrons. The van der Waals surface area contributed by atoms with Crippen molar-refractivity contribution in [2.45, 2.75) is 37.8 Å². The maximum Gasteiger partial charge on any atom is 0.249 e. The van der Waals surface area contributed by atoms with Crippen molar-refractivity contribution in [2.24, 2.45) is 0 Å². The molecule has 2 fully saturated rings. The van der Waals surface area contributed by atoms with Crippen molar-refractivity contribution in [3.05, 3.63) is 0 Å². The molecule has 2 aliphatic rings. The monoisotopic (exact) mass is 225 g/mol. The van der Waals surface area contributed by atoms with Crippen LogP contribution in [-0.4, -0.2) is 36.3 Å². The minimum atomic E-state index is -0.562. The van der Waals surface area contributed by atoms with Gasteiger partial charge in [0.25, 0.3) is 0 Å². The third-order valence-electron chi connectivity index (χ3n) is 2.93. The Bertz CT molecular complexity index is 323. The molecule has 2 aliphatic heterocycles. The van der Waals surface area contributed by atoms with E-state index in [9.17, 15) is 14.4 Å². The molecule has 0 aromatic rings. The van der Waals surface area contributed by atoms with Gasteiger partial charge in [-0.3, -0.25) is 19.7 Å². The second-order valence-electron chi connectivity index (χ2n) is 4.16. The minimum Gasteiger partial charge on any atom is -0.343 e. The van der Waals surface area contributed by atoms with Gasteiger partial charge in [0.15, 0.2) is 0 Å². The predicted octanol–water partition coefficient (Wildman–Crippen LogP) is -1.34. The quantitative estimate of drug-likeness (QED) is 0.508. The summed E-state index contributed by atoms with van der Waals surface area (Å²) in [5, 5.41) is 7.94. The van der Waals surface area contributed by atoms with Crippen LogP contribution in [0, 0.1) is 0 Å². The topological polar surface area (TPSA) is 87.3 Å². The highest BCUT2D eigenvalue weighted by molar-refractivity contribution is 6.02. The van der Waals surface area contributed by atoms with Crippen molar-refractivity contribution in [1.29, 1.82) is 0 Å². The Hall–Kier alpha value is -1.43. The lowest BCUT2D eigenvalue weighted by Crippen LogP contribution is -2.55. The second kappa shape index (κ2) is 4.61. The Kier molecular flexibility index (Phi) is 3.19. The number of nitrogens with one attached hydrogen (secondary N) is 3. The van der Waals surface area contributed by atoms with Gasteiger partial charge in [-0.2, -0.15) is 0 Å². The first-order valence-corrected chi connectivity index (χ1v) is 5.54. The molecule has 0 saturated carbocycles. The fraction of sp³-hybridized carbons (Fsp3) is 0.700. The van der Waals surface area contributed by atoms with Gasteiger partial charge < -0.3 is 10.6 Å². The van der Waals surface area contributed by atoms with E-state index < -0.39 is 11.9 Å². The lowest BCUT2D eigenvalue weighted by molar-refractivity contribution is -0.137.